The van der Waals surface area contributed by atoms with Crippen LogP contribution < -0.4 is 4.90 Å². The molecule has 0 spiro atoms. The van der Waals surface area contributed by atoms with Gasteiger partial charge in [-0.25, -0.2) is 17.9 Å². The first kappa shape index (κ1) is 21.9. The Bertz CT molecular complexity index is 1270. The Morgan fingerprint density at radius 3 is 2.77 bits per heavy atom. The van der Waals surface area contributed by atoms with Crippen LogP contribution in [-0.4, -0.2) is 59.4 Å². The minimum Gasteiger partial charge on any atom is -0.377 e. The Kier molecular flexibility index (Phi) is 5.56. The Morgan fingerprint density at radius 1 is 1.35 bits per heavy atom. The van der Waals surface area contributed by atoms with Gasteiger partial charge in [0.15, 0.2) is 9.84 Å². The van der Waals surface area contributed by atoms with Crippen LogP contribution in [-0.2, 0) is 19.3 Å². The molecule has 8 nitrogen and oxygen atoms in total. The number of anilines is 1. The first-order valence-corrected chi connectivity index (χ1v) is 16.8. The molecular formula is C19H23IN5O3PS2. The maximum atomic E-state index is 12.8. The Balaban J connectivity index is 1.77. The zero-order chi connectivity index (χ0) is 22.0. The van der Waals surface area contributed by atoms with Crippen molar-refractivity contribution in [3.8, 4) is 11.4 Å². The van der Waals surface area contributed by atoms with Crippen molar-refractivity contribution >= 4 is 65.8 Å². The van der Waals surface area contributed by atoms with E-state index in [-0.39, 0.29) is 6.04 Å². The van der Waals surface area contributed by atoms with E-state index in [0.717, 1.165) is 45.2 Å². The van der Waals surface area contributed by atoms with Crippen molar-refractivity contribution in [2.75, 3.05) is 30.9 Å². The summed E-state index contributed by atoms with van der Waals surface area (Å²) in [6.45, 7) is 6.06. The van der Waals surface area contributed by atoms with Gasteiger partial charge in [0, 0.05) is 12.8 Å². The van der Waals surface area contributed by atoms with Crippen LogP contribution in [0.1, 0.15) is 31.0 Å². The van der Waals surface area contributed by atoms with E-state index in [4.69, 9.17) is 14.1 Å². The van der Waals surface area contributed by atoms with Gasteiger partial charge in [-0.05, 0) is 78.0 Å². The van der Waals surface area contributed by atoms with Crippen molar-refractivity contribution < 1.29 is 13.2 Å². The van der Waals surface area contributed by atoms with Gasteiger partial charge in [-0.2, -0.15) is 9.47 Å². The molecule has 0 N–H and O–H groups in total. The molecule has 3 aromatic rings. The van der Waals surface area contributed by atoms with Crippen LogP contribution in [0.5, 0.6) is 0 Å². The van der Waals surface area contributed by atoms with Gasteiger partial charge >= 0.3 is 0 Å². The zero-order valence-corrected chi connectivity index (χ0v) is 22.2. The lowest BCUT2D eigenvalue weighted by molar-refractivity contribution is 0.0985. The molecule has 1 unspecified atom stereocenters. The molecule has 12 heteroatoms. The number of aryl methyl sites for hydroxylation is 1. The lowest BCUT2D eigenvalue weighted by Crippen LogP contribution is -2.44. The van der Waals surface area contributed by atoms with Crippen LogP contribution >= 0.6 is 39.9 Å². The van der Waals surface area contributed by atoms with Crippen molar-refractivity contribution in [3.63, 3.8) is 0 Å². The summed E-state index contributed by atoms with van der Waals surface area (Å²) in [6, 6.07) is 4.18. The Hall–Kier alpha value is -0.880. The predicted molar refractivity (Wildman–Crippen MR) is 134 cm³/mol. The van der Waals surface area contributed by atoms with Gasteiger partial charge in [-0.1, -0.05) is 0 Å². The second-order valence-electron chi connectivity index (χ2n) is 8.29. The molecule has 0 amide bonds. The summed E-state index contributed by atoms with van der Waals surface area (Å²) >= 11 is 3.65. The van der Waals surface area contributed by atoms with E-state index in [2.05, 4.69) is 39.0 Å². The largest absolute Gasteiger partial charge is 0.377 e. The number of pyridine rings is 1. The van der Waals surface area contributed by atoms with Gasteiger partial charge in [0.1, 0.15) is 17.0 Å². The molecule has 166 valence electrons. The first-order chi connectivity index (χ1) is 14.7. The van der Waals surface area contributed by atoms with Gasteiger partial charge in [-0.3, -0.25) is 0 Å². The fourth-order valence-corrected chi connectivity index (χ4v) is 8.29. The molecule has 0 aromatic carbocycles. The number of sulfone groups is 1. The van der Waals surface area contributed by atoms with Crippen molar-refractivity contribution in [3.05, 3.63) is 23.4 Å². The molecule has 1 saturated carbocycles. The molecule has 1 saturated heterocycles. The molecule has 0 radical (unpaired) electrons. The summed E-state index contributed by atoms with van der Waals surface area (Å²) in [5, 5.41) is 4.57. The van der Waals surface area contributed by atoms with Gasteiger partial charge in [0.25, 0.3) is 0 Å². The van der Waals surface area contributed by atoms with E-state index in [9.17, 15) is 8.42 Å². The van der Waals surface area contributed by atoms with Crippen LogP contribution in [0, 0.1) is 6.92 Å². The smallest absolute Gasteiger partial charge is 0.157 e. The van der Waals surface area contributed by atoms with Crippen molar-refractivity contribution in [2.24, 2.45) is 0 Å². The number of hydrogen-bond acceptors (Lipinski definition) is 8. The maximum absolute atomic E-state index is 12.8. The molecule has 31 heavy (non-hydrogen) atoms. The second kappa shape index (κ2) is 7.86. The summed E-state index contributed by atoms with van der Waals surface area (Å²) in [5.41, 5.74) is 4.23. The number of morpholine rings is 1. The summed E-state index contributed by atoms with van der Waals surface area (Å²) in [4.78, 5) is 7.25. The number of ether oxygens (including phenoxy) is 1. The van der Waals surface area contributed by atoms with Crippen molar-refractivity contribution in [1.82, 2.24) is 18.9 Å². The number of hydrogen-bond donors (Lipinski definition) is 0. The number of halogens is 1. The quantitative estimate of drug-likeness (QED) is 0.329. The van der Waals surface area contributed by atoms with Crippen molar-refractivity contribution in [1.29, 1.82) is 0 Å². The van der Waals surface area contributed by atoms with E-state index < -0.39 is 14.6 Å². The lowest BCUT2D eigenvalue weighted by Gasteiger charge is -2.34. The normalized spacial score (nSPS) is 21.4. The molecule has 5 rings (SSSR count). The third-order valence-electron chi connectivity index (χ3n) is 6.13. The van der Waals surface area contributed by atoms with Crippen LogP contribution in [0.15, 0.2) is 12.1 Å². The Morgan fingerprint density at radius 2 is 2.13 bits per heavy atom. The molecule has 0 bridgehead atoms. The summed E-state index contributed by atoms with van der Waals surface area (Å²) in [6.07, 6.45) is 3.07. The fourth-order valence-electron chi connectivity index (χ4n) is 4.31. The molecule has 1 aliphatic heterocycles. The van der Waals surface area contributed by atoms with E-state index >= 15 is 0 Å². The Labute approximate surface area is 200 Å². The third-order valence-corrected chi connectivity index (χ3v) is 10.9. The summed E-state index contributed by atoms with van der Waals surface area (Å²) in [5.74, 6) is 0.800. The number of rotatable bonds is 5. The van der Waals surface area contributed by atoms with E-state index in [1.165, 1.54) is 17.8 Å². The molecule has 2 atom stereocenters. The summed E-state index contributed by atoms with van der Waals surface area (Å²) < 4.78 is 38.0. The SMILES string of the molecule is Cc1cc(-c2nsc3c(C4(S(C)(=O)=O)CC4)cc(N4CCOC[C@H]4C)nc23)n(PI)n1. The van der Waals surface area contributed by atoms with Gasteiger partial charge in [0.2, 0.25) is 0 Å². The highest BCUT2D eigenvalue weighted by atomic mass is 127. The molecular weight excluding hydrogens is 568 g/mol. The van der Waals surface area contributed by atoms with Gasteiger partial charge < -0.3 is 9.64 Å². The highest BCUT2D eigenvalue weighted by molar-refractivity contribution is 14.2. The van der Waals surface area contributed by atoms with E-state index in [1.807, 2.05) is 23.5 Å². The van der Waals surface area contributed by atoms with Crippen LogP contribution in [0.4, 0.5) is 5.82 Å². The monoisotopic (exact) mass is 591 g/mol. The number of fused-ring (bicyclic) bond motifs is 1. The number of aromatic nitrogens is 4. The van der Waals surface area contributed by atoms with Crippen LogP contribution in [0.25, 0.3) is 21.6 Å². The van der Waals surface area contributed by atoms with E-state index in [1.54, 1.807) is 0 Å². The van der Waals surface area contributed by atoms with Crippen LogP contribution in [0.3, 0.4) is 0 Å². The zero-order valence-electron chi connectivity index (χ0n) is 17.4. The molecule has 3 aromatic heterocycles. The molecule has 2 fully saturated rings. The topological polar surface area (TPSA) is 90.2 Å². The van der Waals surface area contributed by atoms with Crippen LogP contribution in [0.2, 0.25) is 0 Å². The highest BCUT2D eigenvalue weighted by Gasteiger charge is 2.55. The summed E-state index contributed by atoms with van der Waals surface area (Å²) in [7, 11) is -3.27. The molecule has 2 aliphatic rings. The van der Waals surface area contributed by atoms with Crippen molar-refractivity contribution in [2.45, 2.75) is 37.5 Å². The average Bonchev–Trinajstić information content (AvgIpc) is 3.32. The number of nitrogens with zero attached hydrogens (tertiary/aromatic N) is 5. The maximum Gasteiger partial charge on any atom is 0.157 e. The standard InChI is InChI=1S/C19H23IN5O3PS2/c1-11-8-14(25(22-11)29-20)16-17-18(30-23-16)13(19(4-5-19)31(3,26)27)9-15(21-17)24-6-7-28-10-12(24)2/h8-9,12,29H,4-7,10H2,1-3H3/t12-/m1/s1. The fraction of sp³-hybridized carbons (Fsp3) is 0.526. The molecule has 1 aliphatic carbocycles. The highest BCUT2D eigenvalue weighted by Crippen LogP contribution is 2.56. The van der Waals surface area contributed by atoms with E-state index in [0.29, 0.717) is 32.4 Å². The first-order valence-electron chi connectivity index (χ1n) is 10.0. The van der Waals surface area contributed by atoms with Gasteiger partial charge in [0.05, 0.1) is 46.5 Å². The minimum atomic E-state index is -3.27. The lowest BCUT2D eigenvalue weighted by atomic mass is 10.1. The molecule has 4 heterocycles. The second-order valence-corrected chi connectivity index (χ2v) is 13.4. The third kappa shape index (κ3) is 3.60. The predicted octanol–water partition coefficient (Wildman–Crippen LogP) is 3.91. The average molecular weight is 591 g/mol. The van der Waals surface area contributed by atoms with Gasteiger partial charge in [-0.15, -0.1) is 0 Å². The minimum absolute atomic E-state index is 0.165.